The van der Waals surface area contributed by atoms with Crippen molar-refractivity contribution in [2.75, 3.05) is 32.5 Å². The summed E-state index contributed by atoms with van der Waals surface area (Å²) in [5.41, 5.74) is 3.74. The summed E-state index contributed by atoms with van der Waals surface area (Å²) < 4.78 is 2.05. The van der Waals surface area contributed by atoms with Gasteiger partial charge in [-0.1, -0.05) is 31.2 Å². The van der Waals surface area contributed by atoms with Gasteiger partial charge in [0, 0.05) is 37.2 Å². The molecule has 6 heteroatoms. The Balaban J connectivity index is 1.85. The second-order valence-electron chi connectivity index (χ2n) is 8.59. The van der Waals surface area contributed by atoms with Crippen molar-refractivity contribution in [1.82, 2.24) is 20.0 Å². The van der Waals surface area contributed by atoms with Gasteiger partial charge in [0.15, 0.2) is 0 Å². The number of rotatable bonds is 9. The third-order valence-electron chi connectivity index (χ3n) is 5.95. The molecule has 1 aliphatic rings. The number of benzene rings is 1. The van der Waals surface area contributed by atoms with Crippen molar-refractivity contribution in [2.24, 2.45) is 0 Å². The van der Waals surface area contributed by atoms with Crippen molar-refractivity contribution < 1.29 is 5.11 Å². The molecule has 1 aromatic heterocycles. The SMILES string of the molecule is CCC(O)C1CC(c2cccc(CN(C)CCNC)c2)Nc2c1cnn2C(C)C. The molecular weight excluding hydrogens is 362 g/mol. The Morgan fingerprint density at radius 1 is 1.38 bits per heavy atom. The van der Waals surface area contributed by atoms with E-state index in [0.29, 0.717) is 0 Å². The van der Waals surface area contributed by atoms with Gasteiger partial charge >= 0.3 is 0 Å². The van der Waals surface area contributed by atoms with Crippen LogP contribution in [0.5, 0.6) is 0 Å². The molecule has 1 aromatic carbocycles. The van der Waals surface area contributed by atoms with Crippen LogP contribution >= 0.6 is 0 Å². The molecule has 0 spiro atoms. The van der Waals surface area contributed by atoms with Crippen LogP contribution in [0.2, 0.25) is 0 Å². The molecular formula is C23H37N5O. The summed E-state index contributed by atoms with van der Waals surface area (Å²) in [5.74, 6) is 1.17. The fourth-order valence-electron chi connectivity index (χ4n) is 4.26. The van der Waals surface area contributed by atoms with Gasteiger partial charge in [0.05, 0.1) is 18.3 Å². The average molecular weight is 400 g/mol. The van der Waals surface area contributed by atoms with Gasteiger partial charge in [-0.2, -0.15) is 5.10 Å². The minimum Gasteiger partial charge on any atom is -0.392 e. The fraction of sp³-hybridized carbons (Fsp3) is 0.609. The molecule has 3 N–H and O–H groups in total. The fourth-order valence-corrected chi connectivity index (χ4v) is 4.26. The van der Waals surface area contributed by atoms with Crippen molar-refractivity contribution in [3.8, 4) is 0 Å². The second-order valence-corrected chi connectivity index (χ2v) is 8.59. The largest absolute Gasteiger partial charge is 0.392 e. The van der Waals surface area contributed by atoms with Crippen LogP contribution in [0.25, 0.3) is 0 Å². The van der Waals surface area contributed by atoms with Gasteiger partial charge in [-0.05, 0) is 51.9 Å². The maximum Gasteiger partial charge on any atom is 0.128 e. The Bertz CT molecular complexity index is 787. The van der Waals surface area contributed by atoms with E-state index in [-0.39, 0.29) is 24.1 Å². The van der Waals surface area contributed by atoms with Crippen molar-refractivity contribution >= 4 is 5.82 Å². The van der Waals surface area contributed by atoms with Crippen molar-refractivity contribution in [1.29, 1.82) is 0 Å². The first kappa shape index (κ1) is 21.8. The number of aliphatic hydroxyl groups is 1. The molecule has 1 aliphatic heterocycles. The molecule has 0 saturated carbocycles. The Morgan fingerprint density at radius 2 is 2.17 bits per heavy atom. The number of nitrogens with one attached hydrogen (secondary N) is 2. The van der Waals surface area contributed by atoms with E-state index in [2.05, 4.69) is 72.7 Å². The number of aromatic nitrogens is 2. The van der Waals surface area contributed by atoms with E-state index in [4.69, 9.17) is 0 Å². The lowest BCUT2D eigenvalue weighted by atomic mass is 9.82. The zero-order valence-electron chi connectivity index (χ0n) is 18.5. The minimum atomic E-state index is -0.348. The Hall–Kier alpha value is -1.89. The van der Waals surface area contributed by atoms with Crippen LogP contribution < -0.4 is 10.6 Å². The van der Waals surface area contributed by atoms with Gasteiger partial charge in [-0.25, -0.2) is 4.68 Å². The van der Waals surface area contributed by atoms with E-state index in [1.54, 1.807) is 0 Å². The Morgan fingerprint density at radius 3 is 2.86 bits per heavy atom. The highest BCUT2D eigenvalue weighted by atomic mass is 16.3. The number of likely N-dealkylation sites (N-methyl/N-ethyl adjacent to an activating group) is 2. The lowest BCUT2D eigenvalue weighted by molar-refractivity contribution is 0.130. The first-order valence-corrected chi connectivity index (χ1v) is 10.9. The summed E-state index contributed by atoms with van der Waals surface area (Å²) in [5, 5.41) is 22.3. The van der Waals surface area contributed by atoms with Gasteiger partial charge in [-0.15, -0.1) is 0 Å². The number of nitrogens with zero attached hydrogens (tertiary/aromatic N) is 3. The third-order valence-corrected chi connectivity index (χ3v) is 5.95. The molecule has 0 aliphatic carbocycles. The van der Waals surface area contributed by atoms with Gasteiger partial charge in [-0.3, -0.25) is 0 Å². The van der Waals surface area contributed by atoms with E-state index in [9.17, 15) is 5.11 Å². The number of anilines is 1. The predicted molar refractivity (Wildman–Crippen MR) is 119 cm³/mol. The highest BCUT2D eigenvalue weighted by molar-refractivity contribution is 5.52. The number of hydrogen-bond acceptors (Lipinski definition) is 5. The number of hydrogen-bond donors (Lipinski definition) is 3. The zero-order chi connectivity index (χ0) is 21.0. The van der Waals surface area contributed by atoms with Gasteiger partial charge in [0.25, 0.3) is 0 Å². The maximum atomic E-state index is 10.7. The van der Waals surface area contributed by atoms with Crippen LogP contribution in [0.1, 0.15) is 68.3 Å². The summed E-state index contributed by atoms with van der Waals surface area (Å²) in [4.78, 5) is 2.33. The monoisotopic (exact) mass is 399 g/mol. The van der Waals surface area contributed by atoms with Crippen LogP contribution in [0, 0.1) is 0 Å². The third kappa shape index (κ3) is 5.00. The van der Waals surface area contributed by atoms with Crippen LogP contribution in [-0.4, -0.2) is 53.1 Å². The first-order valence-electron chi connectivity index (χ1n) is 10.9. The van der Waals surface area contributed by atoms with Crippen LogP contribution in [0.15, 0.2) is 30.5 Å². The van der Waals surface area contributed by atoms with E-state index in [1.807, 2.05) is 17.9 Å². The lowest BCUT2D eigenvalue weighted by Gasteiger charge is -2.34. The second kappa shape index (κ2) is 9.74. The topological polar surface area (TPSA) is 65.3 Å². The zero-order valence-corrected chi connectivity index (χ0v) is 18.5. The molecule has 0 amide bonds. The maximum absolute atomic E-state index is 10.7. The molecule has 29 heavy (non-hydrogen) atoms. The van der Waals surface area contributed by atoms with Gasteiger partial charge < -0.3 is 20.6 Å². The molecule has 6 nitrogen and oxygen atoms in total. The Labute approximate surface area is 175 Å². The summed E-state index contributed by atoms with van der Waals surface area (Å²) in [7, 11) is 4.14. The van der Waals surface area contributed by atoms with Crippen molar-refractivity contribution in [3.63, 3.8) is 0 Å². The van der Waals surface area contributed by atoms with Gasteiger partial charge in [0.1, 0.15) is 5.82 Å². The molecule has 3 unspecified atom stereocenters. The molecule has 160 valence electrons. The quantitative estimate of drug-likeness (QED) is 0.602. The predicted octanol–water partition coefficient (Wildman–Crippen LogP) is 3.53. The highest BCUT2D eigenvalue weighted by Gasteiger charge is 2.34. The van der Waals surface area contributed by atoms with Crippen LogP contribution in [0.4, 0.5) is 5.82 Å². The summed E-state index contributed by atoms with van der Waals surface area (Å²) in [6, 6.07) is 9.31. The minimum absolute atomic E-state index is 0.107. The smallest absolute Gasteiger partial charge is 0.128 e. The molecule has 2 heterocycles. The number of aliphatic hydroxyl groups excluding tert-OH is 1. The molecule has 3 rings (SSSR count). The lowest BCUT2D eigenvalue weighted by Crippen LogP contribution is -2.29. The summed E-state index contributed by atoms with van der Waals surface area (Å²) in [6.45, 7) is 9.27. The Kier molecular flexibility index (Phi) is 7.33. The van der Waals surface area contributed by atoms with E-state index in [1.165, 1.54) is 11.1 Å². The van der Waals surface area contributed by atoms with E-state index in [0.717, 1.165) is 43.9 Å². The molecule has 0 bridgehead atoms. The molecule has 0 fully saturated rings. The highest BCUT2D eigenvalue weighted by Crippen LogP contribution is 2.43. The van der Waals surface area contributed by atoms with Crippen LogP contribution in [0.3, 0.4) is 0 Å². The molecule has 2 aromatic rings. The molecule has 0 saturated heterocycles. The standard InChI is InChI=1S/C23H37N5O/c1-6-22(29)19-13-21(26-23-20(19)14-25-28(23)16(2)3)18-9-7-8-17(12-18)15-27(5)11-10-24-4/h7-9,12,14,16,19,21-22,24,26,29H,6,10-11,13,15H2,1-5H3. The number of fused-ring (bicyclic) bond motifs is 1. The normalized spacial score (nSPS) is 20.0. The molecule has 3 atom stereocenters. The molecule has 0 radical (unpaired) electrons. The van der Waals surface area contributed by atoms with E-state index >= 15 is 0 Å². The van der Waals surface area contributed by atoms with Crippen molar-refractivity contribution in [3.05, 3.63) is 47.2 Å². The summed E-state index contributed by atoms with van der Waals surface area (Å²) in [6.07, 6.45) is 3.22. The van der Waals surface area contributed by atoms with E-state index < -0.39 is 0 Å². The van der Waals surface area contributed by atoms with Crippen molar-refractivity contribution in [2.45, 2.75) is 64.3 Å². The van der Waals surface area contributed by atoms with Crippen LogP contribution in [-0.2, 0) is 6.54 Å². The first-order chi connectivity index (χ1) is 13.9. The average Bonchev–Trinajstić information content (AvgIpc) is 3.15. The van der Waals surface area contributed by atoms with Gasteiger partial charge in [0.2, 0.25) is 0 Å². The summed E-state index contributed by atoms with van der Waals surface area (Å²) >= 11 is 0.